The van der Waals surface area contributed by atoms with Crippen molar-refractivity contribution in [1.82, 2.24) is 0 Å². The predicted octanol–water partition coefficient (Wildman–Crippen LogP) is 5.42. The zero-order chi connectivity index (χ0) is 12.3. The van der Waals surface area contributed by atoms with Crippen LogP contribution in [-0.4, -0.2) is 5.17 Å². The number of aliphatic imine (C=N–C) groups is 1. The standard InChI is InChI=1S/C13H8BrCl2N/c14-10-3-1-9(2-4-10)13(16)17-12-7-5-11(15)6-8-12/h1-8H/b17-13-. The zero-order valence-electron chi connectivity index (χ0n) is 8.70. The van der Waals surface area contributed by atoms with Crippen LogP contribution in [-0.2, 0) is 0 Å². The lowest BCUT2D eigenvalue weighted by atomic mass is 10.2. The minimum absolute atomic E-state index is 0.458. The van der Waals surface area contributed by atoms with E-state index in [0.29, 0.717) is 10.2 Å². The third-order valence-corrected chi connectivity index (χ3v) is 3.22. The van der Waals surface area contributed by atoms with Crippen LogP contribution in [0.3, 0.4) is 0 Å². The molecule has 0 fully saturated rings. The highest BCUT2D eigenvalue weighted by atomic mass is 79.9. The van der Waals surface area contributed by atoms with Gasteiger partial charge in [-0.2, -0.15) is 0 Å². The lowest BCUT2D eigenvalue weighted by Gasteiger charge is -1.99. The van der Waals surface area contributed by atoms with Crippen molar-refractivity contribution in [2.75, 3.05) is 0 Å². The highest BCUT2D eigenvalue weighted by molar-refractivity contribution is 9.10. The molecular formula is C13H8BrCl2N. The Balaban J connectivity index is 2.27. The molecule has 0 unspecified atom stereocenters. The molecule has 0 N–H and O–H groups in total. The fraction of sp³-hybridized carbons (Fsp3) is 0. The number of rotatable bonds is 2. The first kappa shape index (κ1) is 12.6. The average molecular weight is 329 g/mol. The molecule has 0 amide bonds. The first-order valence-corrected chi connectivity index (χ1v) is 6.46. The number of hydrogen-bond acceptors (Lipinski definition) is 1. The van der Waals surface area contributed by atoms with E-state index in [4.69, 9.17) is 23.2 Å². The Morgan fingerprint density at radius 3 is 2.12 bits per heavy atom. The van der Waals surface area contributed by atoms with E-state index in [1.807, 2.05) is 36.4 Å². The number of hydrogen-bond donors (Lipinski definition) is 0. The van der Waals surface area contributed by atoms with E-state index in [1.165, 1.54) is 0 Å². The molecule has 17 heavy (non-hydrogen) atoms. The Labute approximate surface area is 118 Å². The minimum Gasteiger partial charge on any atom is -0.236 e. The summed E-state index contributed by atoms with van der Waals surface area (Å²) in [6, 6.07) is 14.9. The maximum absolute atomic E-state index is 6.13. The molecule has 0 spiro atoms. The van der Waals surface area contributed by atoms with Crippen LogP contribution in [0, 0.1) is 0 Å². The number of halogens is 3. The summed E-state index contributed by atoms with van der Waals surface area (Å²) < 4.78 is 1.01. The molecule has 0 aliphatic carbocycles. The van der Waals surface area contributed by atoms with Crippen molar-refractivity contribution >= 4 is 50.0 Å². The van der Waals surface area contributed by atoms with Gasteiger partial charge in [0.2, 0.25) is 0 Å². The molecule has 2 rings (SSSR count). The summed E-state index contributed by atoms with van der Waals surface area (Å²) >= 11 is 15.3. The molecular weight excluding hydrogens is 321 g/mol. The normalized spacial score (nSPS) is 11.6. The van der Waals surface area contributed by atoms with Crippen LogP contribution in [0.2, 0.25) is 5.02 Å². The van der Waals surface area contributed by atoms with Crippen LogP contribution >= 0.6 is 39.1 Å². The lowest BCUT2D eigenvalue weighted by molar-refractivity contribution is 1.51. The molecule has 1 nitrogen and oxygen atoms in total. The zero-order valence-corrected chi connectivity index (χ0v) is 11.8. The van der Waals surface area contributed by atoms with Crippen molar-refractivity contribution in [2.45, 2.75) is 0 Å². The second kappa shape index (κ2) is 5.67. The Morgan fingerprint density at radius 1 is 0.941 bits per heavy atom. The van der Waals surface area contributed by atoms with E-state index in [2.05, 4.69) is 20.9 Å². The molecule has 0 saturated carbocycles. The van der Waals surface area contributed by atoms with Crippen LogP contribution in [0.15, 0.2) is 58.0 Å². The van der Waals surface area contributed by atoms with Gasteiger partial charge in [-0.05, 0) is 36.4 Å². The smallest absolute Gasteiger partial charge is 0.136 e. The Hall–Kier alpha value is -0.830. The number of benzene rings is 2. The van der Waals surface area contributed by atoms with Gasteiger partial charge >= 0.3 is 0 Å². The molecule has 0 atom stereocenters. The van der Waals surface area contributed by atoms with Crippen molar-refractivity contribution in [3.8, 4) is 0 Å². The van der Waals surface area contributed by atoms with E-state index in [9.17, 15) is 0 Å². The van der Waals surface area contributed by atoms with Gasteiger partial charge in [0.15, 0.2) is 0 Å². The first-order chi connectivity index (χ1) is 8.15. The van der Waals surface area contributed by atoms with Gasteiger partial charge in [0, 0.05) is 15.1 Å². The molecule has 0 aliphatic heterocycles. The predicted molar refractivity (Wildman–Crippen MR) is 77.6 cm³/mol. The summed E-state index contributed by atoms with van der Waals surface area (Å²) in [5.74, 6) is 0. The van der Waals surface area contributed by atoms with Crippen molar-refractivity contribution in [3.63, 3.8) is 0 Å². The Kier molecular flexibility index (Phi) is 4.21. The summed E-state index contributed by atoms with van der Waals surface area (Å²) in [6.45, 7) is 0. The second-order valence-corrected chi connectivity index (χ2v) is 5.10. The highest BCUT2D eigenvalue weighted by Gasteiger charge is 2.00. The third-order valence-electron chi connectivity index (χ3n) is 2.14. The molecule has 0 aromatic heterocycles. The van der Waals surface area contributed by atoms with Crippen LogP contribution in [0.4, 0.5) is 5.69 Å². The highest BCUT2D eigenvalue weighted by Crippen LogP contribution is 2.19. The second-order valence-electron chi connectivity index (χ2n) is 3.39. The molecule has 0 heterocycles. The van der Waals surface area contributed by atoms with Crippen molar-refractivity contribution in [2.24, 2.45) is 4.99 Å². The molecule has 4 heteroatoms. The molecule has 0 bridgehead atoms. The van der Waals surface area contributed by atoms with Gasteiger partial charge in [-0.15, -0.1) is 0 Å². The Bertz CT molecular complexity index is 532. The van der Waals surface area contributed by atoms with Gasteiger partial charge < -0.3 is 0 Å². The monoisotopic (exact) mass is 327 g/mol. The summed E-state index contributed by atoms with van der Waals surface area (Å²) in [5.41, 5.74) is 1.66. The average Bonchev–Trinajstić information content (AvgIpc) is 2.33. The summed E-state index contributed by atoms with van der Waals surface area (Å²) in [5, 5.41) is 1.14. The van der Waals surface area contributed by atoms with Gasteiger partial charge in [0.05, 0.1) is 5.69 Å². The number of nitrogens with zero attached hydrogens (tertiary/aromatic N) is 1. The van der Waals surface area contributed by atoms with Crippen molar-refractivity contribution in [3.05, 3.63) is 63.6 Å². The molecule has 0 radical (unpaired) electrons. The van der Waals surface area contributed by atoms with Gasteiger partial charge in [-0.1, -0.05) is 51.3 Å². The lowest BCUT2D eigenvalue weighted by Crippen LogP contribution is -1.89. The fourth-order valence-corrected chi connectivity index (χ4v) is 1.89. The van der Waals surface area contributed by atoms with Crippen LogP contribution < -0.4 is 0 Å². The van der Waals surface area contributed by atoms with Crippen LogP contribution in [0.5, 0.6) is 0 Å². The summed E-state index contributed by atoms with van der Waals surface area (Å²) in [6.07, 6.45) is 0. The molecule has 0 aliphatic rings. The van der Waals surface area contributed by atoms with Gasteiger partial charge in [0.1, 0.15) is 5.17 Å². The van der Waals surface area contributed by atoms with E-state index in [1.54, 1.807) is 12.1 Å². The summed E-state index contributed by atoms with van der Waals surface area (Å²) in [4.78, 5) is 4.31. The van der Waals surface area contributed by atoms with Crippen LogP contribution in [0.25, 0.3) is 0 Å². The Morgan fingerprint density at radius 2 is 1.53 bits per heavy atom. The fourth-order valence-electron chi connectivity index (χ4n) is 1.28. The first-order valence-electron chi connectivity index (χ1n) is 4.91. The molecule has 2 aromatic rings. The molecule has 86 valence electrons. The summed E-state index contributed by atoms with van der Waals surface area (Å²) in [7, 11) is 0. The van der Waals surface area contributed by atoms with E-state index in [0.717, 1.165) is 15.7 Å². The minimum atomic E-state index is 0.458. The van der Waals surface area contributed by atoms with Gasteiger partial charge in [-0.3, -0.25) is 0 Å². The van der Waals surface area contributed by atoms with E-state index >= 15 is 0 Å². The third kappa shape index (κ3) is 3.56. The van der Waals surface area contributed by atoms with Crippen LogP contribution in [0.1, 0.15) is 5.56 Å². The van der Waals surface area contributed by atoms with Crippen molar-refractivity contribution in [1.29, 1.82) is 0 Å². The maximum Gasteiger partial charge on any atom is 0.136 e. The van der Waals surface area contributed by atoms with E-state index in [-0.39, 0.29) is 0 Å². The quantitative estimate of drug-likeness (QED) is 0.653. The van der Waals surface area contributed by atoms with Crippen molar-refractivity contribution < 1.29 is 0 Å². The molecule has 0 saturated heterocycles. The SMILES string of the molecule is Cl/C(=N\c1ccc(Cl)cc1)c1ccc(Br)cc1. The molecule has 2 aromatic carbocycles. The largest absolute Gasteiger partial charge is 0.236 e. The van der Waals surface area contributed by atoms with Gasteiger partial charge in [-0.25, -0.2) is 4.99 Å². The maximum atomic E-state index is 6.13. The van der Waals surface area contributed by atoms with Gasteiger partial charge in [0.25, 0.3) is 0 Å². The topological polar surface area (TPSA) is 12.4 Å². The van der Waals surface area contributed by atoms with E-state index < -0.39 is 0 Å².